The Bertz CT molecular complexity index is 394. The van der Waals surface area contributed by atoms with E-state index in [9.17, 15) is 9.59 Å². The fourth-order valence-electron chi connectivity index (χ4n) is 3.28. The fraction of sp³-hybridized carbons (Fsp3) is 0.857. The molecule has 0 aromatic rings. The van der Waals surface area contributed by atoms with Gasteiger partial charge in [-0.25, -0.2) is 0 Å². The van der Waals surface area contributed by atoms with Crippen LogP contribution in [-0.2, 0) is 9.59 Å². The molecule has 2 aliphatic rings. The van der Waals surface area contributed by atoms with Gasteiger partial charge in [0.15, 0.2) is 0 Å². The molecule has 1 N–H and O–H groups in total. The van der Waals surface area contributed by atoms with E-state index in [4.69, 9.17) is 0 Å². The molecule has 0 aromatic heterocycles. The number of piperidine rings is 1. The third-order valence-corrected chi connectivity index (χ3v) is 4.42. The topological polar surface area (TPSA) is 52.6 Å². The third kappa shape index (κ3) is 2.48. The largest absolute Gasteiger partial charge is 0.340 e. The van der Waals surface area contributed by atoms with Crippen LogP contribution in [0.4, 0.5) is 0 Å². The second-order valence-corrected chi connectivity index (χ2v) is 6.60. The Balaban J connectivity index is 2.25. The fourth-order valence-corrected chi connectivity index (χ4v) is 3.28. The van der Waals surface area contributed by atoms with Gasteiger partial charge >= 0.3 is 0 Å². The van der Waals surface area contributed by atoms with Crippen molar-refractivity contribution in [2.75, 3.05) is 20.1 Å². The van der Waals surface area contributed by atoms with Gasteiger partial charge in [0, 0.05) is 12.6 Å². The summed E-state index contributed by atoms with van der Waals surface area (Å²) in [6, 6.07) is -0.194. The van der Waals surface area contributed by atoms with Crippen LogP contribution in [0.3, 0.4) is 0 Å². The van der Waals surface area contributed by atoms with Crippen molar-refractivity contribution >= 4 is 11.8 Å². The molecule has 3 unspecified atom stereocenters. The van der Waals surface area contributed by atoms with Crippen molar-refractivity contribution in [1.82, 2.24) is 15.1 Å². The Labute approximate surface area is 115 Å². The molecule has 0 radical (unpaired) electrons. The molecule has 0 spiro atoms. The number of nitrogens with one attached hydrogen (secondary N) is 1. The Morgan fingerprint density at radius 3 is 2.47 bits per heavy atom. The zero-order chi connectivity index (χ0) is 14.4. The van der Waals surface area contributed by atoms with Crippen molar-refractivity contribution in [3.05, 3.63) is 0 Å². The van der Waals surface area contributed by atoms with Crippen LogP contribution in [0.5, 0.6) is 0 Å². The van der Waals surface area contributed by atoms with Gasteiger partial charge in [-0.15, -0.1) is 0 Å². The third-order valence-electron chi connectivity index (χ3n) is 4.42. The Hall–Kier alpha value is -1.10. The van der Waals surface area contributed by atoms with Gasteiger partial charge in [0.05, 0.1) is 0 Å². The molecule has 0 bridgehead atoms. The Kier molecular flexibility index (Phi) is 3.60. The summed E-state index contributed by atoms with van der Waals surface area (Å²) < 4.78 is 0. The highest BCUT2D eigenvalue weighted by molar-refractivity contribution is 5.99. The number of carbonyl (C=O) groups is 2. The second kappa shape index (κ2) is 4.78. The highest BCUT2D eigenvalue weighted by Gasteiger charge is 2.47. The lowest BCUT2D eigenvalue weighted by molar-refractivity contribution is -0.158. The van der Waals surface area contributed by atoms with E-state index in [1.165, 1.54) is 0 Å². The van der Waals surface area contributed by atoms with Gasteiger partial charge in [0.2, 0.25) is 11.8 Å². The number of piperazine rings is 1. The highest BCUT2D eigenvalue weighted by atomic mass is 16.2. The average Bonchev–Trinajstić information content (AvgIpc) is 2.29. The predicted molar refractivity (Wildman–Crippen MR) is 73.6 cm³/mol. The van der Waals surface area contributed by atoms with Crippen LogP contribution in [0, 0.1) is 5.92 Å². The maximum absolute atomic E-state index is 12.6. The first-order valence-corrected chi connectivity index (χ1v) is 7.07. The lowest BCUT2D eigenvalue weighted by Gasteiger charge is -2.49. The van der Waals surface area contributed by atoms with Gasteiger partial charge in [-0.1, -0.05) is 6.92 Å². The Morgan fingerprint density at radius 2 is 1.89 bits per heavy atom. The molecule has 108 valence electrons. The summed E-state index contributed by atoms with van der Waals surface area (Å²) >= 11 is 0. The van der Waals surface area contributed by atoms with E-state index in [-0.39, 0.29) is 23.9 Å². The molecule has 0 saturated carbocycles. The molecule has 3 atom stereocenters. The zero-order valence-corrected chi connectivity index (χ0v) is 12.6. The highest BCUT2D eigenvalue weighted by Crippen LogP contribution is 2.28. The van der Waals surface area contributed by atoms with Crippen molar-refractivity contribution in [1.29, 1.82) is 0 Å². The number of hydrogen-bond donors (Lipinski definition) is 1. The number of nitrogens with zero attached hydrogens (tertiary/aromatic N) is 2. The molecule has 2 heterocycles. The standard InChI is InChI=1S/C14H25N3O2/c1-9-8-16(5)7-6-11(9)17-10(2)12(18)15-14(3,4)13(17)19/h9-11H,6-8H2,1-5H3,(H,15,18). The van der Waals surface area contributed by atoms with Gasteiger partial charge in [-0.2, -0.15) is 0 Å². The summed E-state index contributed by atoms with van der Waals surface area (Å²) in [5, 5.41) is 2.81. The van der Waals surface area contributed by atoms with Crippen molar-refractivity contribution < 1.29 is 9.59 Å². The molecule has 5 heteroatoms. The van der Waals surface area contributed by atoms with Crippen LogP contribution in [0.2, 0.25) is 0 Å². The maximum Gasteiger partial charge on any atom is 0.248 e. The van der Waals surface area contributed by atoms with Crippen LogP contribution in [0.15, 0.2) is 0 Å². The van der Waals surface area contributed by atoms with Gasteiger partial charge in [-0.05, 0) is 46.7 Å². The molecule has 0 aromatic carbocycles. The number of likely N-dealkylation sites (tertiary alicyclic amines) is 1. The monoisotopic (exact) mass is 267 g/mol. The van der Waals surface area contributed by atoms with E-state index in [1.807, 2.05) is 11.8 Å². The number of amides is 2. The summed E-state index contributed by atoms with van der Waals surface area (Å²) in [6.45, 7) is 9.52. The number of hydrogen-bond acceptors (Lipinski definition) is 3. The summed E-state index contributed by atoms with van der Waals surface area (Å²) in [5.41, 5.74) is -0.785. The zero-order valence-electron chi connectivity index (χ0n) is 12.6. The van der Waals surface area contributed by atoms with E-state index in [0.717, 1.165) is 19.5 Å². The number of rotatable bonds is 1. The molecule has 2 saturated heterocycles. The lowest BCUT2D eigenvalue weighted by Crippen LogP contribution is -2.70. The summed E-state index contributed by atoms with van der Waals surface area (Å²) in [4.78, 5) is 28.8. The van der Waals surface area contributed by atoms with Gasteiger partial charge in [0.25, 0.3) is 0 Å². The lowest BCUT2D eigenvalue weighted by atomic mass is 9.87. The summed E-state index contributed by atoms with van der Waals surface area (Å²) in [5.74, 6) is 0.392. The first-order chi connectivity index (χ1) is 8.74. The summed E-state index contributed by atoms with van der Waals surface area (Å²) in [6.07, 6.45) is 0.942. The molecule has 0 aliphatic carbocycles. The first-order valence-electron chi connectivity index (χ1n) is 7.07. The van der Waals surface area contributed by atoms with Crippen molar-refractivity contribution in [2.45, 2.75) is 51.7 Å². The molecule has 2 amide bonds. The second-order valence-electron chi connectivity index (χ2n) is 6.60. The van der Waals surface area contributed by atoms with Gasteiger partial charge < -0.3 is 15.1 Å². The van der Waals surface area contributed by atoms with E-state index in [2.05, 4.69) is 24.2 Å². The minimum Gasteiger partial charge on any atom is -0.340 e. The van der Waals surface area contributed by atoms with Crippen LogP contribution >= 0.6 is 0 Å². The summed E-state index contributed by atoms with van der Waals surface area (Å²) in [7, 11) is 2.10. The predicted octanol–water partition coefficient (Wildman–Crippen LogP) is 0.452. The smallest absolute Gasteiger partial charge is 0.248 e. The Morgan fingerprint density at radius 1 is 1.26 bits per heavy atom. The van der Waals surface area contributed by atoms with Crippen LogP contribution < -0.4 is 5.32 Å². The first kappa shape index (κ1) is 14.3. The average molecular weight is 267 g/mol. The molecular weight excluding hydrogens is 242 g/mol. The molecule has 2 rings (SSSR count). The molecule has 5 nitrogen and oxygen atoms in total. The van der Waals surface area contributed by atoms with Gasteiger partial charge in [0.1, 0.15) is 11.6 Å². The van der Waals surface area contributed by atoms with Crippen LogP contribution in [0.25, 0.3) is 0 Å². The minimum absolute atomic E-state index is 0.0426. The van der Waals surface area contributed by atoms with Crippen molar-refractivity contribution in [3.8, 4) is 0 Å². The normalized spacial score (nSPS) is 36.3. The van der Waals surface area contributed by atoms with E-state index < -0.39 is 5.54 Å². The molecule has 19 heavy (non-hydrogen) atoms. The van der Waals surface area contributed by atoms with Crippen molar-refractivity contribution in [2.24, 2.45) is 5.92 Å². The van der Waals surface area contributed by atoms with E-state index >= 15 is 0 Å². The molecule has 2 fully saturated rings. The van der Waals surface area contributed by atoms with Crippen molar-refractivity contribution in [3.63, 3.8) is 0 Å². The van der Waals surface area contributed by atoms with Crippen LogP contribution in [-0.4, -0.2) is 59.4 Å². The van der Waals surface area contributed by atoms with E-state index in [0.29, 0.717) is 5.92 Å². The SMILES string of the molecule is CC1CN(C)CCC1N1C(=O)C(C)(C)NC(=O)C1C. The van der Waals surface area contributed by atoms with Gasteiger partial charge in [-0.3, -0.25) is 9.59 Å². The number of carbonyl (C=O) groups excluding carboxylic acids is 2. The quantitative estimate of drug-likeness (QED) is 0.750. The maximum atomic E-state index is 12.6. The van der Waals surface area contributed by atoms with E-state index in [1.54, 1.807) is 13.8 Å². The minimum atomic E-state index is -0.785. The van der Waals surface area contributed by atoms with Crippen LogP contribution in [0.1, 0.15) is 34.1 Å². The molecular formula is C14H25N3O2. The molecule has 2 aliphatic heterocycles.